The van der Waals surface area contributed by atoms with Crippen LogP contribution in [0.15, 0.2) is 37.2 Å². The molecule has 2 aromatic rings. The summed E-state index contributed by atoms with van der Waals surface area (Å²) in [6, 6.07) is 4.60. The van der Waals surface area contributed by atoms with Crippen LogP contribution in [0.4, 0.5) is 17.2 Å². The van der Waals surface area contributed by atoms with E-state index in [1.165, 1.54) is 37.7 Å². The van der Waals surface area contributed by atoms with Gasteiger partial charge >= 0.3 is 0 Å². The van der Waals surface area contributed by atoms with Crippen LogP contribution < -0.4 is 15.0 Å². The first kappa shape index (κ1) is 23.6. The molecular weight excluding hydrogens is 444 g/mol. The van der Waals surface area contributed by atoms with Crippen molar-refractivity contribution >= 4 is 23.1 Å². The molecule has 3 saturated heterocycles. The molecule has 35 heavy (non-hydrogen) atoms. The van der Waals surface area contributed by atoms with E-state index in [-0.39, 0.29) is 5.91 Å². The first-order chi connectivity index (χ1) is 17.1. The van der Waals surface area contributed by atoms with Gasteiger partial charge in [-0.2, -0.15) is 0 Å². The second-order valence-electron chi connectivity index (χ2n) is 9.29. The molecule has 4 aliphatic rings. The number of pyridine rings is 2. The molecule has 1 N–H and O–H groups in total. The summed E-state index contributed by atoms with van der Waals surface area (Å²) < 4.78 is 11.5. The van der Waals surface area contributed by atoms with Gasteiger partial charge in [-0.15, -0.1) is 0 Å². The van der Waals surface area contributed by atoms with Crippen LogP contribution in [0, 0.1) is 6.92 Å². The van der Waals surface area contributed by atoms with E-state index in [1.54, 1.807) is 6.20 Å². The van der Waals surface area contributed by atoms with Gasteiger partial charge in [0, 0.05) is 50.3 Å². The maximum atomic E-state index is 11.1. The number of morpholine rings is 1. The molecule has 0 radical (unpaired) electrons. The van der Waals surface area contributed by atoms with E-state index in [4.69, 9.17) is 9.47 Å². The van der Waals surface area contributed by atoms with Crippen molar-refractivity contribution in [2.24, 2.45) is 0 Å². The molecule has 1 amide bonds. The minimum Gasteiger partial charge on any atom is -0.485 e. The van der Waals surface area contributed by atoms with Gasteiger partial charge in [0.2, 0.25) is 5.91 Å². The lowest BCUT2D eigenvalue weighted by Crippen LogP contribution is -2.60. The van der Waals surface area contributed by atoms with Crippen molar-refractivity contribution in [2.45, 2.75) is 32.4 Å². The van der Waals surface area contributed by atoms with Gasteiger partial charge in [-0.25, -0.2) is 4.98 Å². The number of hydrogen-bond donors (Lipinski definition) is 1. The summed E-state index contributed by atoms with van der Waals surface area (Å²) in [6.07, 6.45) is 7.68. The van der Waals surface area contributed by atoms with Crippen LogP contribution in [-0.2, 0) is 16.1 Å². The SMILES string of the molecule is C=CC(=O)N1CC(N2CCCC2)C1.Cc1nccc2c1OCc1c(N3CCOCC3)ccnc1N2. The molecule has 9 nitrogen and oxygen atoms in total. The van der Waals surface area contributed by atoms with Crippen molar-refractivity contribution in [1.82, 2.24) is 19.8 Å². The summed E-state index contributed by atoms with van der Waals surface area (Å²) in [5.41, 5.74) is 4.04. The topological polar surface area (TPSA) is 83.1 Å². The van der Waals surface area contributed by atoms with Gasteiger partial charge in [0.05, 0.1) is 30.2 Å². The number of amides is 1. The Hall–Kier alpha value is -3.17. The van der Waals surface area contributed by atoms with Crippen LogP contribution in [0.3, 0.4) is 0 Å². The first-order valence-electron chi connectivity index (χ1n) is 12.5. The van der Waals surface area contributed by atoms with Crippen LogP contribution in [0.2, 0.25) is 0 Å². The molecule has 0 aliphatic carbocycles. The number of carbonyl (C=O) groups is 1. The van der Waals surface area contributed by atoms with Crippen molar-refractivity contribution in [1.29, 1.82) is 0 Å². The fraction of sp³-hybridized carbons (Fsp3) is 0.500. The molecule has 0 aromatic carbocycles. The molecule has 0 unspecified atom stereocenters. The summed E-state index contributed by atoms with van der Waals surface area (Å²) in [5.74, 6) is 1.73. The third kappa shape index (κ3) is 5.11. The van der Waals surface area contributed by atoms with Gasteiger partial charge < -0.3 is 24.6 Å². The molecule has 2 aromatic heterocycles. The lowest BCUT2D eigenvalue weighted by atomic mass is 10.1. The normalized spacial score (nSPS) is 19.7. The molecule has 4 aliphatic heterocycles. The lowest BCUT2D eigenvalue weighted by molar-refractivity contribution is -0.132. The predicted octanol–water partition coefficient (Wildman–Crippen LogP) is 2.74. The Kier molecular flexibility index (Phi) is 7.15. The number of carbonyl (C=O) groups excluding carboxylic acids is 1. The summed E-state index contributed by atoms with van der Waals surface area (Å²) in [5, 5.41) is 3.39. The molecule has 0 atom stereocenters. The standard InChI is InChI=1S/C16H18N4O2.C10H16N2O/c1-11-15-13(2-4-17-11)19-16-12(10-22-15)14(3-5-18-16)20-6-8-21-9-7-20;1-2-10(13)12-7-9(8-12)11-5-3-4-6-11/h2-5H,6-10H2,1H3,(H,18,19);2,9H,1,3-8H2. The van der Waals surface area contributed by atoms with Crippen LogP contribution in [0.1, 0.15) is 24.1 Å². The first-order valence-corrected chi connectivity index (χ1v) is 12.5. The Bertz CT molecular complexity index is 1060. The number of hydrogen-bond acceptors (Lipinski definition) is 8. The summed E-state index contributed by atoms with van der Waals surface area (Å²) in [7, 11) is 0. The van der Waals surface area contributed by atoms with Crippen molar-refractivity contribution in [3.8, 4) is 5.75 Å². The van der Waals surface area contributed by atoms with Crippen molar-refractivity contribution in [3.63, 3.8) is 0 Å². The van der Waals surface area contributed by atoms with Gasteiger partial charge in [-0.1, -0.05) is 6.58 Å². The Balaban J connectivity index is 0.000000166. The third-order valence-corrected chi connectivity index (χ3v) is 7.08. The van der Waals surface area contributed by atoms with Crippen LogP contribution >= 0.6 is 0 Å². The molecule has 186 valence electrons. The largest absolute Gasteiger partial charge is 0.485 e. The van der Waals surface area contributed by atoms with E-state index in [1.807, 2.05) is 24.1 Å². The van der Waals surface area contributed by atoms with E-state index < -0.39 is 0 Å². The number of nitrogens with zero attached hydrogens (tertiary/aromatic N) is 5. The average molecular weight is 479 g/mol. The number of aromatic nitrogens is 2. The molecule has 3 fully saturated rings. The molecule has 6 rings (SSSR count). The average Bonchev–Trinajstić information content (AvgIpc) is 3.30. The number of likely N-dealkylation sites (tertiary alicyclic amines) is 2. The van der Waals surface area contributed by atoms with E-state index >= 15 is 0 Å². The number of fused-ring (bicyclic) bond motifs is 2. The quantitative estimate of drug-likeness (QED) is 0.675. The van der Waals surface area contributed by atoms with Gasteiger partial charge in [-0.05, 0) is 51.1 Å². The minimum absolute atomic E-state index is 0.0791. The smallest absolute Gasteiger partial charge is 0.246 e. The zero-order valence-electron chi connectivity index (χ0n) is 20.4. The molecule has 0 bridgehead atoms. The number of anilines is 3. The zero-order valence-corrected chi connectivity index (χ0v) is 20.4. The van der Waals surface area contributed by atoms with Crippen LogP contribution in [0.5, 0.6) is 5.75 Å². The van der Waals surface area contributed by atoms with Crippen LogP contribution in [-0.4, -0.2) is 84.2 Å². The Morgan fingerprint density at radius 1 is 1.11 bits per heavy atom. The summed E-state index contributed by atoms with van der Waals surface area (Å²) >= 11 is 0. The van der Waals surface area contributed by atoms with E-state index in [2.05, 4.69) is 37.7 Å². The highest BCUT2D eigenvalue weighted by molar-refractivity contribution is 5.87. The van der Waals surface area contributed by atoms with Crippen molar-refractivity contribution in [3.05, 3.63) is 48.4 Å². The maximum absolute atomic E-state index is 11.1. The highest BCUT2D eigenvalue weighted by atomic mass is 16.5. The van der Waals surface area contributed by atoms with Gasteiger partial charge in [-0.3, -0.25) is 14.7 Å². The highest BCUT2D eigenvalue weighted by Gasteiger charge is 2.34. The Morgan fingerprint density at radius 2 is 1.86 bits per heavy atom. The number of aryl methyl sites for hydroxylation is 1. The summed E-state index contributed by atoms with van der Waals surface area (Å²) in [4.78, 5) is 26.6. The van der Waals surface area contributed by atoms with Crippen LogP contribution in [0.25, 0.3) is 0 Å². The van der Waals surface area contributed by atoms with Gasteiger partial charge in [0.1, 0.15) is 12.4 Å². The molecule has 0 spiro atoms. The van der Waals surface area contributed by atoms with Crippen molar-refractivity contribution in [2.75, 3.05) is 62.7 Å². The maximum Gasteiger partial charge on any atom is 0.246 e. The fourth-order valence-electron chi connectivity index (χ4n) is 5.04. The highest BCUT2D eigenvalue weighted by Crippen LogP contribution is 2.37. The Morgan fingerprint density at radius 3 is 2.60 bits per heavy atom. The van der Waals surface area contributed by atoms with Gasteiger partial charge in [0.15, 0.2) is 5.75 Å². The second kappa shape index (κ2) is 10.6. The molecule has 6 heterocycles. The second-order valence-corrected chi connectivity index (χ2v) is 9.29. The predicted molar refractivity (Wildman–Crippen MR) is 135 cm³/mol. The molecular formula is C26H34N6O3. The summed E-state index contributed by atoms with van der Waals surface area (Å²) in [6.45, 7) is 13.5. The minimum atomic E-state index is 0.0791. The number of nitrogens with one attached hydrogen (secondary N) is 1. The number of rotatable bonds is 3. The third-order valence-electron chi connectivity index (χ3n) is 7.08. The van der Waals surface area contributed by atoms with E-state index in [0.717, 1.165) is 67.9 Å². The van der Waals surface area contributed by atoms with E-state index in [9.17, 15) is 4.79 Å². The van der Waals surface area contributed by atoms with E-state index in [0.29, 0.717) is 12.6 Å². The monoisotopic (exact) mass is 478 g/mol. The Labute approximate surface area is 206 Å². The zero-order chi connectivity index (χ0) is 24.2. The number of ether oxygens (including phenoxy) is 2. The molecule has 9 heteroatoms. The van der Waals surface area contributed by atoms with Crippen molar-refractivity contribution < 1.29 is 14.3 Å². The lowest BCUT2D eigenvalue weighted by Gasteiger charge is -2.43. The molecule has 0 saturated carbocycles. The van der Waals surface area contributed by atoms with Gasteiger partial charge in [0.25, 0.3) is 0 Å². The fourth-order valence-corrected chi connectivity index (χ4v) is 5.04.